The number of carbonyl (C=O) groups excluding carboxylic acids is 2. The van der Waals surface area contributed by atoms with Gasteiger partial charge in [-0.3, -0.25) is 9.59 Å². The van der Waals surface area contributed by atoms with E-state index in [2.05, 4.69) is 25.2 Å². The number of piperazine rings is 1. The minimum absolute atomic E-state index is 0. The maximum Gasteiger partial charge on any atom is 0.260 e. The molecule has 2 amide bonds. The molecule has 1 aromatic carbocycles. The Hall–Kier alpha value is -1.79. The highest BCUT2D eigenvalue weighted by molar-refractivity contribution is 5.85. The lowest BCUT2D eigenvalue weighted by Crippen LogP contribution is -2.57. The van der Waals surface area contributed by atoms with E-state index < -0.39 is 0 Å². The molecule has 2 saturated heterocycles. The lowest BCUT2D eigenvalue weighted by molar-refractivity contribution is -0.141. The van der Waals surface area contributed by atoms with E-state index in [4.69, 9.17) is 4.74 Å². The third-order valence-corrected chi connectivity index (χ3v) is 5.73. The summed E-state index contributed by atoms with van der Waals surface area (Å²) >= 11 is 0. The first kappa shape index (κ1) is 22.5. The third-order valence-electron chi connectivity index (χ3n) is 5.73. The van der Waals surface area contributed by atoms with E-state index >= 15 is 0 Å². The molecule has 2 heterocycles. The van der Waals surface area contributed by atoms with Crippen molar-refractivity contribution in [3.63, 3.8) is 0 Å². The number of ether oxygens (including phenoxy) is 1. The standard InChI is InChI=1S/C21H31N3O3.ClH/c1-3-16(2)18-8-4-5-9-19(18)27-15-21(26)23-11-6-7-17(14-23)24-12-10-22-13-20(24)25;/h4-5,8-9,16-17,22H,3,6-7,10-15H2,1-2H3;1H. The van der Waals surface area contributed by atoms with E-state index in [-0.39, 0.29) is 36.9 Å². The molecule has 156 valence electrons. The summed E-state index contributed by atoms with van der Waals surface area (Å²) in [7, 11) is 0. The fourth-order valence-electron chi connectivity index (χ4n) is 3.91. The number of rotatable bonds is 6. The quantitative estimate of drug-likeness (QED) is 0.783. The minimum Gasteiger partial charge on any atom is -0.483 e. The first-order chi connectivity index (χ1) is 13.1. The van der Waals surface area contributed by atoms with Gasteiger partial charge in [0.1, 0.15) is 5.75 Å². The van der Waals surface area contributed by atoms with Crippen molar-refractivity contribution in [1.82, 2.24) is 15.1 Å². The van der Waals surface area contributed by atoms with Crippen molar-refractivity contribution >= 4 is 24.2 Å². The van der Waals surface area contributed by atoms with Gasteiger partial charge < -0.3 is 19.9 Å². The highest BCUT2D eigenvalue weighted by Gasteiger charge is 2.31. The Morgan fingerprint density at radius 2 is 2.11 bits per heavy atom. The number of nitrogens with one attached hydrogen (secondary N) is 1. The van der Waals surface area contributed by atoms with Gasteiger partial charge >= 0.3 is 0 Å². The van der Waals surface area contributed by atoms with E-state index in [0.717, 1.165) is 50.2 Å². The molecular weight excluding hydrogens is 378 g/mol. The maximum atomic E-state index is 12.7. The first-order valence-electron chi connectivity index (χ1n) is 10.1. The fourth-order valence-corrected chi connectivity index (χ4v) is 3.91. The van der Waals surface area contributed by atoms with Crippen molar-refractivity contribution in [3.05, 3.63) is 29.8 Å². The Morgan fingerprint density at radius 1 is 1.32 bits per heavy atom. The zero-order valence-corrected chi connectivity index (χ0v) is 17.7. The molecule has 2 unspecified atom stereocenters. The van der Waals surface area contributed by atoms with Crippen molar-refractivity contribution in [3.8, 4) is 5.75 Å². The Balaban J connectivity index is 0.00000280. The van der Waals surface area contributed by atoms with E-state index in [1.807, 2.05) is 28.0 Å². The number of piperidine rings is 1. The molecule has 1 aromatic rings. The average Bonchev–Trinajstić information content (AvgIpc) is 2.72. The summed E-state index contributed by atoms with van der Waals surface area (Å²) in [5.74, 6) is 1.33. The van der Waals surface area contributed by atoms with Gasteiger partial charge in [0, 0.05) is 32.2 Å². The van der Waals surface area contributed by atoms with Crippen LogP contribution in [-0.2, 0) is 9.59 Å². The number of para-hydroxylation sites is 1. The van der Waals surface area contributed by atoms with Crippen LogP contribution in [0.2, 0.25) is 0 Å². The van der Waals surface area contributed by atoms with E-state index in [1.54, 1.807) is 0 Å². The molecule has 1 N–H and O–H groups in total. The fraction of sp³-hybridized carbons (Fsp3) is 0.619. The van der Waals surface area contributed by atoms with Crippen LogP contribution in [0.15, 0.2) is 24.3 Å². The summed E-state index contributed by atoms with van der Waals surface area (Å²) in [5, 5.41) is 3.10. The van der Waals surface area contributed by atoms with Crippen LogP contribution in [-0.4, -0.2) is 67.0 Å². The lowest BCUT2D eigenvalue weighted by atomic mass is 9.98. The number of hydrogen-bond donors (Lipinski definition) is 1. The number of halogens is 1. The van der Waals surface area contributed by atoms with Gasteiger partial charge in [-0.05, 0) is 36.8 Å². The molecule has 0 radical (unpaired) electrons. The smallest absolute Gasteiger partial charge is 0.260 e. The minimum atomic E-state index is 0. The Morgan fingerprint density at radius 3 is 2.86 bits per heavy atom. The normalized spacial score (nSPS) is 21.1. The number of amides is 2. The van der Waals surface area contributed by atoms with Crippen molar-refractivity contribution in [2.75, 3.05) is 39.3 Å². The van der Waals surface area contributed by atoms with E-state index in [9.17, 15) is 9.59 Å². The molecule has 2 atom stereocenters. The second kappa shape index (κ2) is 10.7. The largest absolute Gasteiger partial charge is 0.483 e. The molecule has 2 aliphatic heterocycles. The van der Waals surface area contributed by atoms with Gasteiger partial charge in [-0.25, -0.2) is 0 Å². The molecule has 0 aliphatic carbocycles. The van der Waals surface area contributed by atoms with Crippen LogP contribution >= 0.6 is 12.4 Å². The second-order valence-electron chi connectivity index (χ2n) is 7.54. The topological polar surface area (TPSA) is 61.9 Å². The van der Waals surface area contributed by atoms with Crippen LogP contribution < -0.4 is 10.1 Å². The summed E-state index contributed by atoms with van der Waals surface area (Å²) in [5.41, 5.74) is 1.15. The molecule has 0 bridgehead atoms. The zero-order chi connectivity index (χ0) is 19.2. The van der Waals surface area contributed by atoms with Gasteiger partial charge in [-0.2, -0.15) is 0 Å². The highest BCUT2D eigenvalue weighted by Crippen LogP contribution is 2.28. The van der Waals surface area contributed by atoms with Gasteiger partial charge in [0.15, 0.2) is 6.61 Å². The molecule has 6 nitrogen and oxygen atoms in total. The average molecular weight is 410 g/mol. The lowest BCUT2D eigenvalue weighted by Gasteiger charge is -2.41. The van der Waals surface area contributed by atoms with Gasteiger partial charge in [0.25, 0.3) is 5.91 Å². The molecule has 0 spiro atoms. The SMILES string of the molecule is CCC(C)c1ccccc1OCC(=O)N1CCCC(N2CCNCC2=O)C1.Cl. The van der Waals surface area contributed by atoms with Crippen molar-refractivity contribution in [2.24, 2.45) is 0 Å². The van der Waals surface area contributed by atoms with Gasteiger partial charge in [0.05, 0.1) is 6.54 Å². The van der Waals surface area contributed by atoms with Crippen LogP contribution in [0.4, 0.5) is 0 Å². The van der Waals surface area contributed by atoms with Crippen LogP contribution in [0.25, 0.3) is 0 Å². The van der Waals surface area contributed by atoms with Crippen LogP contribution in [0.1, 0.15) is 44.6 Å². The zero-order valence-electron chi connectivity index (χ0n) is 16.9. The maximum absolute atomic E-state index is 12.7. The molecule has 7 heteroatoms. The highest BCUT2D eigenvalue weighted by atomic mass is 35.5. The summed E-state index contributed by atoms with van der Waals surface area (Å²) in [6, 6.07) is 8.09. The predicted octanol–water partition coefficient (Wildman–Crippen LogP) is 2.42. The third kappa shape index (κ3) is 5.39. The van der Waals surface area contributed by atoms with Crippen molar-refractivity contribution in [2.45, 2.75) is 45.1 Å². The number of hydrogen-bond acceptors (Lipinski definition) is 4. The molecule has 2 fully saturated rings. The molecule has 0 saturated carbocycles. The Labute approximate surface area is 174 Å². The monoisotopic (exact) mass is 409 g/mol. The summed E-state index contributed by atoms with van der Waals surface area (Å²) in [4.78, 5) is 28.7. The van der Waals surface area contributed by atoms with Gasteiger partial charge in [-0.15, -0.1) is 12.4 Å². The summed E-state index contributed by atoms with van der Waals surface area (Å²) in [6.07, 6.45) is 2.92. The van der Waals surface area contributed by atoms with E-state index in [0.29, 0.717) is 19.0 Å². The van der Waals surface area contributed by atoms with Crippen molar-refractivity contribution in [1.29, 1.82) is 0 Å². The van der Waals surface area contributed by atoms with Crippen LogP contribution in [0.5, 0.6) is 5.75 Å². The van der Waals surface area contributed by atoms with Gasteiger partial charge in [0.2, 0.25) is 5.91 Å². The first-order valence-corrected chi connectivity index (χ1v) is 10.1. The second-order valence-corrected chi connectivity index (χ2v) is 7.54. The number of nitrogens with zero attached hydrogens (tertiary/aromatic N) is 2. The van der Waals surface area contributed by atoms with Crippen LogP contribution in [0.3, 0.4) is 0 Å². The molecule has 3 rings (SSSR count). The number of likely N-dealkylation sites (tertiary alicyclic amines) is 1. The van der Waals surface area contributed by atoms with Crippen molar-refractivity contribution < 1.29 is 14.3 Å². The Kier molecular flexibility index (Phi) is 8.58. The van der Waals surface area contributed by atoms with Gasteiger partial charge in [-0.1, -0.05) is 32.0 Å². The molecular formula is C21H32ClN3O3. The van der Waals surface area contributed by atoms with Crippen LogP contribution in [0, 0.1) is 0 Å². The molecule has 0 aromatic heterocycles. The van der Waals surface area contributed by atoms with E-state index in [1.165, 1.54) is 0 Å². The summed E-state index contributed by atoms with van der Waals surface area (Å²) in [6.45, 7) is 7.68. The molecule has 28 heavy (non-hydrogen) atoms. The number of carbonyl (C=O) groups is 2. The number of benzene rings is 1. The Bertz CT molecular complexity index is 670. The summed E-state index contributed by atoms with van der Waals surface area (Å²) < 4.78 is 5.90. The molecule has 2 aliphatic rings. The predicted molar refractivity (Wildman–Crippen MR) is 112 cm³/mol.